The lowest BCUT2D eigenvalue weighted by molar-refractivity contribution is 0.00540. The minimum Gasteiger partial charge on any atom is -0.376 e. The Bertz CT molecular complexity index is 356. The minimum absolute atomic E-state index is 0.0797. The van der Waals surface area contributed by atoms with Gasteiger partial charge in [0.05, 0.1) is 24.7 Å². The molecule has 2 unspecified atom stereocenters. The average Bonchev–Trinajstić information content (AvgIpc) is 2.77. The van der Waals surface area contributed by atoms with Gasteiger partial charge in [-0.15, -0.1) is 0 Å². The zero-order chi connectivity index (χ0) is 13.0. The van der Waals surface area contributed by atoms with Crippen molar-refractivity contribution in [2.45, 2.75) is 58.2 Å². The van der Waals surface area contributed by atoms with Crippen LogP contribution in [0.1, 0.15) is 51.3 Å². The monoisotopic (exact) mass is 251 g/mol. The smallest absolute Gasteiger partial charge is 0.0949 e. The number of hydrogen-bond donors (Lipinski definition) is 1. The molecule has 0 aromatic carbocycles. The summed E-state index contributed by atoms with van der Waals surface area (Å²) in [6.07, 6.45) is 8.72. The van der Waals surface area contributed by atoms with Crippen LogP contribution >= 0.6 is 0 Å². The summed E-state index contributed by atoms with van der Waals surface area (Å²) in [5, 5.41) is 0. The summed E-state index contributed by atoms with van der Waals surface area (Å²) < 4.78 is 7.95. The standard InChI is InChI=1S/C14H25N3O/c1-11(2)7-13(15)14-8-16-10-17(14)9-12-5-3-4-6-18-12/h8,10-13H,3-7,9,15H2,1-2H3. The number of rotatable bonds is 5. The Morgan fingerprint density at radius 2 is 2.33 bits per heavy atom. The molecule has 1 aliphatic heterocycles. The first-order chi connectivity index (χ1) is 8.66. The van der Waals surface area contributed by atoms with Gasteiger partial charge in [-0.25, -0.2) is 4.98 Å². The van der Waals surface area contributed by atoms with Crippen LogP contribution in [0, 0.1) is 5.92 Å². The first-order valence-electron chi connectivity index (χ1n) is 7.04. The van der Waals surface area contributed by atoms with Gasteiger partial charge >= 0.3 is 0 Å². The lowest BCUT2D eigenvalue weighted by Crippen LogP contribution is -2.26. The van der Waals surface area contributed by atoms with E-state index in [9.17, 15) is 0 Å². The van der Waals surface area contributed by atoms with E-state index in [-0.39, 0.29) is 6.04 Å². The van der Waals surface area contributed by atoms with E-state index in [1.54, 1.807) is 0 Å². The van der Waals surface area contributed by atoms with Gasteiger partial charge in [-0.05, 0) is 31.6 Å². The van der Waals surface area contributed by atoms with Crippen molar-refractivity contribution in [2.75, 3.05) is 6.61 Å². The van der Waals surface area contributed by atoms with E-state index in [0.29, 0.717) is 12.0 Å². The van der Waals surface area contributed by atoms with E-state index >= 15 is 0 Å². The highest BCUT2D eigenvalue weighted by Crippen LogP contribution is 2.21. The largest absolute Gasteiger partial charge is 0.376 e. The molecule has 2 rings (SSSR count). The third kappa shape index (κ3) is 3.56. The Morgan fingerprint density at radius 3 is 3.00 bits per heavy atom. The predicted octanol–water partition coefficient (Wildman–Crippen LogP) is 2.50. The number of nitrogens with two attached hydrogens (primary N) is 1. The molecule has 2 heterocycles. The molecule has 0 bridgehead atoms. The second-order valence-corrected chi connectivity index (χ2v) is 5.70. The van der Waals surface area contributed by atoms with Gasteiger partial charge in [0.2, 0.25) is 0 Å². The molecule has 2 atom stereocenters. The van der Waals surface area contributed by atoms with Crippen molar-refractivity contribution >= 4 is 0 Å². The van der Waals surface area contributed by atoms with E-state index in [2.05, 4.69) is 23.4 Å². The van der Waals surface area contributed by atoms with Crippen molar-refractivity contribution in [3.8, 4) is 0 Å². The second-order valence-electron chi connectivity index (χ2n) is 5.70. The van der Waals surface area contributed by atoms with Crippen LogP contribution in [0.25, 0.3) is 0 Å². The molecule has 0 saturated carbocycles. The zero-order valence-corrected chi connectivity index (χ0v) is 11.5. The van der Waals surface area contributed by atoms with Gasteiger partial charge in [-0.1, -0.05) is 13.8 Å². The van der Waals surface area contributed by atoms with Crippen LogP contribution in [0.5, 0.6) is 0 Å². The maximum absolute atomic E-state index is 6.24. The van der Waals surface area contributed by atoms with Gasteiger partial charge < -0.3 is 15.0 Å². The van der Waals surface area contributed by atoms with Gasteiger partial charge in [0.25, 0.3) is 0 Å². The van der Waals surface area contributed by atoms with Crippen molar-refractivity contribution in [2.24, 2.45) is 11.7 Å². The van der Waals surface area contributed by atoms with Gasteiger partial charge in [-0.2, -0.15) is 0 Å². The maximum atomic E-state index is 6.24. The third-order valence-electron chi connectivity index (χ3n) is 3.52. The molecule has 18 heavy (non-hydrogen) atoms. The molecule has 102 valence electrons. The van der Waals surface area contributed by atoms with E-state index < -0.39 is 0 Å². The summed E-state index contributed by atoms with van der Waals surface area (Å²) in [6, 6.07) is 0.0797. The van der Waals surface area contributed by atoms with E-state index in [1.165, 1.54) is 12.8 Å². The fourth-order valence-electron chi connectivity index (χ4n) is 2.59. The van der Waals surface area contributed by atoms with Gasteiger partial charge in [0, 0.05) is 18.8 Å². The fraction of sp³-hybridized carbons (Fsp3) is 0.786. The summed E-state index contributed by atoms with van der Waals surface area (Å²) in [7, 11) is 0. The van der Waals surface area contributed by atoms with Crippen LogP contribution in [0.3, 0.4) is 0 Å². The first-order valence-corrected chi connectivity index (χ1v) is 7.04. The van der Waals surface area contributed by atoms with Crippen LogP contribution in [-0.2, 0) is 11.3 Å². The Hall–Kier alpha value is -0.870. The Balaban J connectivity index is 1.98. The van der Waals surface area contributed by atoms with Crippen LogP contribution in [0.15, 0.2) is 12.5 Å². The van der Waals surface area contributed by atoms with E-state index in [4.69, 9.17) is 10.5 Å². The molecule has 0 aliphatic carbocycles. The first kappa shape index (κ1) is 13.6. The SMILES string of the molecule is CC(C)CC(N)c1cncn1CC1CCCCO1. The Labute approximate surface area is 110 Å². The predicted molar refractivity (Wildman–Crippen MR) is 72.2 cm³/mol. The van der Waals surface area contributed by atoms with Crippen molar-refractivity contribution in [1.29, 1.82) is 0 Å². The number of nitrogens with zero attached hydrogens (tertiary/aromatic N) is 2. The normalized spacial score (nSPS) is 22.3. The number of aromatic nitrogens is 2. The molecule has 1 aromatic heterocycles. The highest BCUT2D eigenvalue weighted by molar-refractivity contribution is 5.05. The molecule has 2 N–H and O–H groups in total. The lowest BCUT2D eigenvalue weighted by atomic mass is 10.0. The van der Waals surface area contributed by atoms with Crippen molar-refractivity contribution in [3.05, 3.63) is 18.2 Å². The third-order valence-corrected chi connectivity index (χ3v) is 3.52. The molecular weight excluding hydrogens is 226 g/mol. The topological polar surface area (TPSA) is 53.1 Å². The average molecular weight is 251 g/mol. The zero-order valence-electron chi connectivity index (χ0n) is 11.5. The maximum Gasteiger partial charge on any atom is 0.0949 e. The Morgan fingerprint density at radius 1 is 1.50 bits per heavy atom. The quantitative estimate of drug-likeness (QED) is 0.874. The molecule has 1 aromatic rings. The molecule has 1 aliphatic rings. The van der Waals surface area contributed by atoms with Crippen LogP contribution < -0.4 is 5.73 Å². The van der Waals surface area contributed by atoms with Crippen molar-refractivity contribution in [3.63, 3.8) is 0 Å². The van der Waals surface area contributed by atoms with Crippen LogP contribution in [-0.4, -0.2) is 22.3 Å². The number of ether oxygens (including phenoxy) is 1. The van der Waals surface area contributed by atoms with Gasteiger partial charge in [0.15, 0.2) is 0 Å². The van der Waals surface area contributed by atoms with Crippen LogP contribution in [0.2, 0.25) is 0 Å². The molecule has 1 fully saturated rings. The highest BCUT2D eigenvalue weighted by atomic mass is 16.5. The number of imidazole rings is 1. The van der Waals surface area contributed by atoms with Crippen LogP contribution in [0.4, 0.5) is 0 Å². The van der Waals surface area contributed by atoms with Crippen molar-refractivity contribution in [1.82, 2.24) is 9.55 Å². The summed E-state index contributed by atoms with van der Waals surface area (Å²) in [6.45, 7) is 6.18. The summed E-state index contributed by atoms with van der Waals surface area (Å²) >= 11 is 0. The highest BCUT2D eigenvalue weighted by Gasteiger charge is 2.18. The molecule has 0 radical (unpaired) electrons. The second kappa shape index (κ2) is 6.34. The molecular formula is C14H25N3O. The van der Waals surface area contributed by atoms with Gasteiger partial charge in [0.1, 0.15) is 0 Å². The van der Waals surface area contributed by atoms with Crippen molar-refractivity contribution < 1.29 is 4.74 Å². The number of hydrogen-bond acceptors (Lipinski definition) is 3. The summed E-state index contributed by atoms with van der Waals surface area (Å²) in [4.78, 5) is 4.24. The van der Waals surface area contributed by atoms with E-state index in [1.807, 2.05) is 12.5 Å². The molecule has 4 nitrogen and oxygen atoms in total. The van der Waals surface area contributed by atoms with E-state index in [0.717, 1.165) is 31.7 Å². The van der Waals surface area contributed by atoms with Gasteiger partial charge in [-0.3, -0.25) is 0 Å². The minimum atomic E-state index is 0.0797. The molecule has 4 heteroatoms. The lowest BCUT2D eigenvalue weighted by Gasteiger charge is -2.24. The Kier molecular flexibility index (Phi) is 4.78. The summed E-state index contributed by atoms with van der Waals surface area (Å²) in [5.74, 6) is 0.606. The molecule has 0 spiro atoms. The summed E-state index contributed by atoms with van der Waals surface area (Å²) in [5.41, 5.74) is 7.38. The molecule has 1 saturated heterocycles. The fourth-order valence-corrected chi connectivity index (χ4v) is 2.59. The molecule has 0 amide bonds.